The fraction of sp³-hybridized carbons (Fsp3) is 0.100. The molecule has 0 fully saturated rings. The average Bonchev–Trinajstić information content (AvgIpc) is 3.05. The summed E-state index contributed by atoms with van der Waals surface area (Å²) in [6.07, 6.45) is 2.52. The van der Waals surface area contributed by atoms with Gasteiger partial charge in [0, 0.05) is 20.6 Å². The Labute approximate surface area is 179 Å². The van der Waals surface area contributed by atoms with Gasteiger partial charge in [0.15, 0.2) is 0 Å². The van der Waals surface area contributed by atoms with Crippen molar-refractivity contribution in [3.05, 3.63) is 68.2 Å². The summed E-state index contributed by atoms with van der Waals surface area (Å²) in [7, 11) is 0. The zero-order chi connectivity index (χ0) is 19.0. The summed E-state index contributed by atoms with van der Waals surface area (Å²) in [5.41, 5.74) is 3.15. The second-order valence-electron chi connectivity index (χ2n) is 5.92. The van der Waals surface area contributed by atoms with E-state index >= 15 is 0 Å². The van der Waals surface area contributed by atoms with Gasteiger partial charge in [0.2, 0.25) is 0 Å². The SMILES string of the molecule is CCc1sc2ncnc(Nc3ccc(Cl)c(Cl)c3)c2c1-c1ccc(Br)cc1. The van der Waals surface area contributed by atoms with Crippen molar-refractivity contribution in [3.8, 4) is 11.1 Å². The number of thiophene rings is 1. The van der Waals surface area contributed by atoms with Crippen LogP contribution in [-0.2, 0) is 6.42 Å². The van der Waals surface area contributed by atoms with Crippen LogP contribution in [0.5, 0.6) is 0 Å². The number of halogens is 3. The number of anilines is 2. The van der Waals surface area contributed by atoms with Crippen LogP contribution in [0.2, 0.25) is 10.0 Å². The van der Waals surface area contributed by atoms with E-state index in [0.717, 1.165) is 38.2 Å². The predicted octanol–water partition coefficient (Wildman–Crippen LogP) is 7.73. The van der Waals surface area contributed by atoms with Crippen LogP contribution in [0.25, 0.3) is 21.3 Å². The normalized spacial score (nSPS) is 11.1. The molecular formula is C20H14BrCl2N3S. The number of fused-ring (bicyclic) bond motifs is 1. The summed E-state index contributed by atoms with van der Waals surface area (Å²) >= 11 is 17.4. The monoisotopic (exact) mass is 477 g/mol. The molecule has 27 heavy (non-hydrogen) atoms. The molecule has 2 aromatic heterocycles. The number of nitrogens with zero attached hydrogens (tertiary/aromatic N) is 2. The molecule has 1 N–H and O–H groups in total. The Kier molecular flexibility index (Phi) is 5.37. The first-order chi connectivity index (χ1) is 13.1. The fourth-order valence-corrected chi connectivity index (χ4v) is 4.62. The van der Waals surface area contributed by atoms with E-state index in [2.05, 4.69) is 50.3 Å². The molecule has 0 spiro atoms. The molecule has 4 aromatic rings. The van der Waals surface area contributed by atoms with Crippen LogP contribution in [0.15, 0.2) is 53.3 Å². The highest BCUT2D eigenvalue weighted by Gasteiger charge is 2.18. The summed E-state index contributed by atoms with van der Waals surface area (Å²) in [4.78, 5) is 11.2. The highest BCUT2D eigenvalue weighted by Crippen LogP contribution is 2.42. The van der Waals surface area contributed by atoms with Crippen molar-refractivity contribution >= 4 is 72.2 Å². The van der Waals surface area contributed by atoms with Crippen LogP contribution < -0.4 is 5.32 Å². The van der Waals surface area contributed by atoms with E-state index in [0.29, 0.717) is 10.0 Å². The lowest BCUT2D eigenvalue weighted by Crippen LogP contribution is -1.96. The quantitative estimate of drug-likeness (QED) is 0.326. The van der Waals surface area contributed by atoms with Crippen LogP contribution in [0.4, 0.5) is 11.5 Å². The topological polar surface area (TPSA) is 37.8 Å². The zero-order valence-electron chi connectivity index (χ0n) is 14.3. The predicted molar refractivity (Wildman–Crippen MR) is 120 cm³/mol. The minimum atomic E-state index is 0.500. The number of aromatic nitrogens is 2. The maximum atomic E-state index is 6.16. The number of benzene rings is 2. The van der Waals surface area contributed by atoms with Crippen LogP contribution in [0, 0.1) is 0 Å². The molecule has 0 unspecified atom stereocenters. The molecule has 0 bridgehead atoms. The van der Waals surface area contributed by atoms with Gasteiger partial charge < -0.3 is 5.32 Å². The third-order valence-corrected chi connectivity index (χ3v) is 6.71. The van der Waals surface area contributed by atoms with Gasteiger partial charge in [-0.2, -0.15) is 0 Å². The Hall–Kier alpha value is -1.66. The summed E-state index contributed by atoms with van der Waals surface area (Å²) in [5.74, 6) is 0.757. The average molecular weight is 479 g/mol. The van der Waals surface area contributed by atoms with E-state index in [1.165, 1.54) is 10.4 Å². The molecule has 0 aliphatic carbocycles. The van der Waals surface area contributed by atoms with Crippen molar-refractivity contribution < 1.29 is 0 Å². The van der Waals surface area contributed by atoms with E-state index in [4.69, 9.17) is 23.2 Å². The minimum Gasteiger partial charge on any atom is -0.340 e. The number of rotatable bonds is 4. The van der Waals surface area contributed by atoms with E-state index < -0.39 is 0 Å². The molecule has 0 atom stereocenters. The second-order valence-corrected chi connectivity index (χ2v) is 8.73. The summed E-state index contributed by atoms with van der Waals surface area (Å²) < 4.78 is 1.05. The summed E-state index contributed by atoms with van der Waals surface area (Å²) in [6.45, 7) is 2.16. The lowest BCUT2D eigenvalue weighted by molar-refractivity contribution is 1.19. The molecule has 0 amide bonds. The molecule has 136 valence electrons. The third kappa shape index (κ3) is 3.69. The number of aryl methyl sites for hydroxylation is 1. The van der Waals surface area contributed by atoms with Crippen molar-refractivity contribution in [2.24, 2.45) is 0 Å². The van der Waals surface area contributed by atoms with Gasteiger partial charge in [-0.25, -0.2) is 9.97 Å². The Balaban J connectivity index is 1.89. The fourth-order valence-electron chi connectivity index (χ4n) is 2.96. The second kappa shape index (κ2) is 7.76. The Morgan fingerprint density at radius 1 is 1.04 bits per heavy atom. The lowest BCUT2D eigenvalue weighted by atomic mass is 10.0. The molecule has 4 rings (SSSR count). The summed E-state index contributed by atoms with van der Waals surface area (Å²) in [5, 5.41) is 5.42. The van der Waals surface area contributed by atoms with Gasteiger partial charge in [-0.3, -0.25) is 0 Å². The van der Waals surface area contributed by atoms with Crippen LogP contribution in [0.1, 0.15) is 11.8 Å². The Morgan fingerprint density at radius 3 is 2.52 bits per heavy atom. The van der Waals surface area contributed by atoms with Crippen LogP contribution >= 0.6 is 50.5 Å². The number of nitrogens with one attached hydrogen (secondary N) is 1. The Bertz CT molecular complexity index is 1130. The molecule has 0 radical (unpaired) electrons. The minimum absolute atomic E-state index is 0.500. The molecule has 2 heterocycles. The van der Waals surface area contributed by atoms with Gasteiger partial charge in [0.1, 0.15) is 17.0 Å². The van der Waals surface area contributed by atoms with E-state index in [-0.39, 0.29) is 0 Å². The highest BCUT2D eigenvalue weighted by atomic mass is 79.9. The molecule has 3 nitrogen and oxygen atoms in total. The van der Waals surface area contributed by atoms with E-state index in [1.54, 1.807) is 29.8 Å². The van der Waals surface area contributed by atoms with Crippen molar-refractivity contribution in [2.45, 2.75) is 13.3 Å². The van der Waals surface area contributed by atoms with Crippen molar-refractivity contribution in [1.29, 1.82) is 0 Å². The van der Waals surface area contributed by atoms with Crippen molar-refractivity contribution in [3.63, 3.8) is 0 Å². The smallest absolute Gasteiger partial charge is 0.143 e. The largest absolute Gasteiger partial charge is 0.340 e. The number of hydrogen-bond donors (Lipinski definition) is 1. The van der Waals surface area contributed by atoms with E-state index in [9.17, 15) is 0 Å². The molecule has 0 aliphatic heterocycles. The number of hydrogen-bond acceptors (Lipinski definition) is 4. The van der Waals surface area contributed by atoms with Gasteiger partial charge in [0.05, 0.1) is 15.4 Å². The van der Waals surface area contributed by atoms with Gasteiger partial charge in [-0.1, -0.05) is 58.2 Å². The van der Waals surface area contributed by atoms with Gasteiger partial charge in [-0.15, -0.1) is 11.3 Å². The van der Waals surface area contributed by atoms with Crippen LogP contribution in [0.3, 0.4) is 0 Å². The van der Waals surface area contributed by atoms with Gasteiger partial charge >= 0.3 is 0 Å². The molecular weight excluding hydrogens is 465 g/mol. The summed E-state index contributed by atoms with van der Waals surface area (Å²) in [6, 6.07) is 13.8. The highest BCUT2D eigenvalue weighted by molar-refractivity contribution is 9.10. The maximum absolute atomic E-state index is 6.16. The first-order valence-corrected chi connectivity index (χ1v) is 10.7. The zero-order valence-corrected chi connectivity index (χ0v) is 18.2. The molecule has 0 saturated heterocycles. The van der Waals surface area contributed by atoms with Crippen LogP contribution in [-0.4, -0.2) is 9.97 Å². The molecule has 2 aromatic carbocycles. The molecule has 7 heteroatoms. The standard InChI is InChI=1S/C20H14BrCl2N3S/c1-2-16-17(11-3-5-12(21)6-4-11)18-19(24-10-25-20(18)27-16)26-13-7-8-14(22)15(23)9-13/h3-10H,2H2,1H3,(H,24,25,26). The van der Waals surface area contributed by atoms with Gasteiger partial charge in [-0.05, 0) is 42.3 Å². The molecule has 0 saturated carbocycles. The van der Waals surface area contributed by atoms with Gasteiger partial charge in [0.25, 0.3) is 0 Å². The third-order valence-electron chi connectivity index (χ3n) is 4.20. The van der Waals surface area contributed by atoms with Crippen molar-refractivity contribution in [1.82, 2.24) is 9.97 Å². The first kappa shape index (κ1) is 18.7. The maximum Gasteiger partial charge on any atom is 0.143 e. The molecule has 0 aliphatic rings. The lowest BCUT2D eigenvalue weighted by Gasteiger charge is -2.10. The van der Waals surface area contributed by atoms with Crippen molar-refractivity contribution in [2.75, 3.05) is 5.32 Å². The van der Waals surface area contributed by atoms with E-state index in [1.807, 2.05) is 18.2 Å². The Morgan fingerprint density at radius 2 is 1.81 bits per heavy atom. The first-order valence-electron chi connectivity index (χ1n) is 8.31.